The van der Waals surface area contributed by atoms with Crippen molar-refractivity contribution in [3.63, 3.8) is 0 Å². The normalized spacial score (nSPS) is 14.1. The van der Waals surface area contributed by atoms with Gasteiger partial charge in [-0.05, 0) is 56.0 Å². The van der Waals surface area contributed by atoms with Gasteiger partial charge in [0.1, 0.15) is 5.75 Å². The van der Waals surface area contributed by atoms with Crippen LogP contribution in [0.3, 0.4) is 0 Å². The number of aromatic hydroxyl groups is 1. The highest BCUT2D eigenvalue weighted by Gasteiger charge is 2.17. The topological polar surface area (TPSA) is 66.5 Å². The van der Waals surface area contributed by atoms with Crippen molar-refractivity contribution < 1.29 is 10.2 Å². The summed E-state index contributed by atoms with van der Waals surface area (Å²) < 4.78 is 1.12. The Balaban J connectivity index is 0.00000225. The van der Waals surface area contributed by atoms with E-state index in [-0.39, 0.29) is 18.2 Å². The molecule has 0 unspecified atom stereocenters. The lowest BCUT2D eigenvalue weighted by atomic mass is 10.0. The van der Waals surface area contributed by atoms with Gasteiger partial charge in [-0.15, -0.1) is 12.4 Å². The first-order valence-corrected chi connectivity index (χ1v) is 6.17. The second kappa shape index (κ2) is 6.81. The minimum atomic E-state index is -0.576. The highest BCUT2D eigenvalue weighted by molar-refractivity contribution is 9.11. The summed E-state index contributed by atoms with van der Waals surface area (Å²) in [5.74, 6) is 0.136. The summed E-state index contributed by atoms with van der Waals surface area (Å²) in [6.07, 6.45) is 0.0189. The minimum absolute atomic E-state index is 0. The fraction of sp³-hybridized carbons (Fsp3) is 0.400. The van der Waals surface area contributed by atoms with E-state index in [9.17, 15) is 10.2 Å². The van der Waals surface area contributed by atoms with E-state index < -0.39 is 12.1 Å². The fourth-order valence-electron chi connectivity index (χ4n) is 1.25. The maximum absolute atomic E-state index is 9.61. The highest BCUT2D eigenvalue weighted by atomic mass is 79.9. The number of halogens is 3. The molecule has 0 radical (unpaired) electrons. The maximum atomic E-state index is 9.61. The summed E-state index contributed by atoms with van der Waals surface area (Å²) in [6.45, 7) is 1.87. The van der Waals surface area contributed by atoms with Crippen molar-refractivity contribution in [1.29, 1.82) is 0 Å². The van der Waals surface area contributed by atoms with Crippen molar-refractivity contribution in [2.45, 2.75) is 25.5 Å². The summed E-state index contributed by atoms with van der Waals surface area (Å²) >= 11 is 6.44. The average molecular weight is 375 g/mol. The largest absolute Gasteiger partial charge is 0.506 e. The zero-order chi connectivity index (χ0) is 11.6. The maximum Gasteiger partial charge on any atom is 0.143 e. The first-order valence-electron chi connectivity index (χ1n) is 4.59. The number of rotatable bonds is 3. The standard InChI is InChI=1S/C10H13Br2NO2.ClH/c1-2-8(14)9(13)5-3-6(11)10(15)7(12)4-5;/h3-4,8-9,14-15H,2,13H2,1H3;1H/t8-,9+;/m0./s1. The molecule has 0 saturated heterocycles. The third kappa shape index (κ3) is 3.60. The molecule has 4 N–H and O–H groups in total. The van der Waals surface area contributed by atoms with Crippen molar-refractivity contribution in [2.24, 2.45) is 5.73 Å². The number of hydrogen-bond donors (Lipinski definition) is 3. The predicted octanol–water partition coefficient (Wildman–Crippen LogP) is 3.11. The number of hydrogen-bond acceptors (Lipinski definition) is 3. The van der Waals surface area contributed by atoms with Crippen LogP contribution in [-0.4, -0.2) is 16.3 Å². The second-order valence-electron chi connectivity index (χ2n) is 3.33. The summed E-state index contributed by atoms with van der Waals surface area (Å²) in [7, 11) is 0. The van der Waals surface area contributed by atoms with Gasteiger partial charge in [-0.25, -0.2) is 0 Å². The monoisotopic (exact) mass is 373 g/mol. The van der Waals surface area contributed by atoms with Crippen LogP contribution in [0.15, 0.2) is 21.1 Å². The molecule has 0 heterocycles. The molecule has 0 aliphatic heterocycles. The Morgan fingerprint density at radius 2 is 1.75 bits per heavy atom. The van der Waals surface area contributed by atoms with Gasteiger partial charge in [-0.3, -0.25) is 0 Å². The smallest absolute Gasteiger partial charge is 0.143 e. The summed E-state index contributed by atoms with van der Waals surface area (Å²) in [4.78, 5) is 0. The molecule has 6 heteroatoms. The average Bonchev–Trinajstić information content (AvgIpc) is 2.23. The first kappa shape index (κ1) is 16.2. The van der Waals surface area contributed by atoms with Crippen molar-refractivity contribution in [2.75, 3.05) is 0 Å². The number of nitrogens with two attached hydrogens (primary N) is 1. The van der Waals surface area contributed by atoms with E-state index in [4.69, 9.17) is 5.73 Å². The molecular weight excluding hydrogens is 361 g/mol. The number of benzene rings is 1. The Morgan fingerprint density at radius 3 is 2.12 bits per heavy atom. The molecule has 16 heavy (non-hydrogen) atoms. The molecule has 1 aromatic rings. The van der Waals surface area contributed by atoms with Gasteiger partial charge in [-0.2, -0.15) is 0 Å². The molecule has 0 aliphatic rings. The Kier molecular flexibility index (Phi) is 6.89. The van der Waals surface area contributed by atoms with E-state index in [1.54, 1.807) is 12.1 Å². The SMILES string of the molecule is CC[C@H](O)[C@H](N)c1cc(Br)c(O)c(Br)c1.Cl. The molecule has 1 rings (SSSR count). The van der Waals surface area contributed by atoms with Crippen molar-refractivity contribution in [3.05, 3.63) is 26.6 Å². The van der Waals surface area contributed by atoms with E-state index in [0.717, 1.165) is 5.56 Å². The van der Waals surface area contributed by atoms with Gasteiger partial charge in [0.05, 0.1) is 21.1 Å². The van der Waals surface area contributed by atoms with Crippen LogP contribution in [0.25, 0.3) is 0 Å². The van der Waals surface area contributed by atoms with Crippen LogP contribution < -0.4 is 5.73 Å². The predicted molar refractivity (Wildman–Crippen MR) is 74.0 cm³/mol. The van der Waals surface area contributed by atoms with Gasteiger partial charge in [0.15, 0.2) is 0 Å². The van der Waals surface area contributed by atoms with Crippen molar-refractivity contribution >= 4 is 44.3 Å². The van der Waals surface area contributed by atoms with Crippen molar-refractivity contribution in [1.82, 2.24) is 0 Å². The molecule has 2 atom stereocenters. The third-order valence-corrected chi connectivity index (χ3v) is 3.47. The quantitative estimate of drug-likeness (QED) is 0.761. The lowest BCUT2D eigenvalue weighted by Gasteiger charge is -2.18. The van der Waals surface area contributed by atoms with Crippen LogP contribution in [0.2, 0.25) is 0 Å². The number of aliphatic hydroxyl groups is 1. The molecule has 1 aromatic carbocycles. The lowest BCUT2D eigenvalue weighted by Crippen LogP contribution is -2.25. The van der Waals surface area contributed by atoms with Gasteiger partial charge >= 0.3 is 0 Å². The molecule has 92 valence electrons. The lowest BCUT2D eigenvalue weighted by molar-refractivity contribution is 0.140. The number of aliphatic hydroxyl groups excluding tert-OH is 1. The molecule has 0 fully saturated rings. The van der Waals surface area contributed by atoms with E-state index >= 15 is 0 Å². The van der Waals surface area contributed by atoms with Gasteiger partial charge in [-0.1, -0.05) is 6.92 Å². The summed E-state index contributed by atoms with van der Waals surface area (Å²) in [5.41, 5.74) is 6.64. The summed E-state index contributed by atoms with van der Waals surface area (Å²) in [6, 6.07) is 2.98. The van der Waals surface area contributed by atoms with E-state index in [0.29, 0.717) is 15.4 Å². The Morgan fingerprint density at radius 1 is 1.31 bits per heavy atom. The Hall–Kier alpha value is 0.190. The third-order valence-electron chi connectivity index (χ3n) is 2.26. The zero-order valence-corrected chi connectivity index (χ0v) is 12.6. The summed E-state index contributed by atoms with van der Waals surface area (Å²) in [5, 5.41) is 19.1. The van der Waals surface area contributed by atoms with Crippen LogP contribution in [0.1, 0.15) is 24.9 Å². The molecule has 0 amide bonds. The van der Waals surface area contributed by atoms with E-state index in [1.807, 2.05) is 6.92 Å². The molecule has 3 nitrogen and oxygen atoms in total. The minimum Gasteiger partial charge on any atom is -0.506 e. The number of phenolic OH excluding ortho intramolecular Hbond substituents is 1. The molecule has 0 spiro atoms. The molecule has 0 aromatic heterocycles. The van der Waals surface area contributed by atoms with Crippen LogP contribution in [-0.2, 0) is 0 Å². The first-order chi connectivity index (χ1) is 6.97. The molecule has 0 bridgehead atoms. The van der Waals surface area contributed by atoms with E-state index in [2.05, 4.69) is 31.9 Å². The highest BCUT2D eigenvalue weighted by Crippen LogP contribution is 2.35. The fourth-order valence-corrected chi connectivity index (χ4v) is 2.48. The van der Waals surface area contributed by atoms with Crippen LogP contribution in [0, 0.1) is 0 Å². The van der Waals surface area contributed by atoms with Gasteiger partial charge in [0, 0.05) is 0 Å². The van der Waals surface area contributed by atoms with Crippen LogP contribution in [0.5, 0.6) is 5.75 Å². The van der Waals surface area contributed by atoms with Gasteiger partial charge < -0.3 is 15.9 Å². The Labute approximate surface area is 118 Å². The number of phenols is 1. The van der Waals surface area contributed by atoms with Gasteiger partial charge in [0.2, 0.25) is 0 Å². The Bertz CT molecular complexity index is 340. The van der Waals surface area contributed by atoms with Gasteiger partial charge in [0.25, 0.3) is 0 Å². The molecule has 0 saturated carbocycles. The molecule has 0 aliphatic carbocycles. The van der Waals surface area contributed by atoms with Crippen LogP contribution >= 0.6 is 44.3 Å². The molecular formula is C10H14Br2ClNO2. The second-order valence-corrected chi connectivity index (χ2v) is 5.04. The van der Waals surface area contributed by atoms with Crippen LogP contribution in [0.4, 0.5) is 0 Å². The van der Waals surface area contributed by atoms with Crippen molar-refractivity contribution in [3.8, 4) is 5.75 Å². The van der Waals surface area contributed by atoms with E-state index in [1.165, 1.54) is 0 Å². The zero-order valence-electron chi connectivity index (χ0n) is 8.65.